The molecule has 0 aliphatic carbocycles. The summed E-state index contributed by atoms with van der Waals surface area (Å²) in [4.78, 5) is 7.32. The van der Waals surface area contributed by atoms with E-state index in [0.717, 1.165) is 66.8 Å². The van der Waals surface area contributed by atoms with E-state index in [9.17, 15) is 0 Å². The van der Waals surface area contributed by atoms with Crippen molar-refractivity contribution in [2.45, 2.75) is 0 Å². The van der Waals surface area contributed by atoms with Gasteiger partial charge < -0.3 is 9.32 Å². The van der Waals surface area contributed by atoms with Crippen molar-refractivity contribution in [3.05, 3.63) is 218 Å². The lowest BCUT2D eigenvalue weighted by atomic mass is 9.93. The number of hydrogen-bond donors (Lipinski definition) is 0. The number of hydrogen-bond acceptors (Lipinski definition) is 3. The molecule has 10 aromatic carbocycles. The predicted octanol–water partition coefficient (Wildman–Crippen LogP) is 15.4. The first-order chi connectivity index (χ1) is 28.7. The van der Waals surface area contributed by atoms with E-state index >= 15 is 0 Å². The van der Waals surface area contributed by atoms with E-state index in [2.05, 4.69) is 187 Å². The fourth-order valence-electron chi connectivity index (χ4n) is 8.46. The van der Waals surface area contributed by atoms with Crippen LogP contribution in [0.2, 0.25) is 0 Å². The van der Waals surface area contributed by atoms with Crippen molar-refractivity contribution in [3.8, 4) is 44.8 Å². The molecule has 0 unspecified atom stereocenters. The smallest absolute Gasteiger partial charge is 0.227 e. The Bertz CT molecular complexity index is 3240. The fourth-order valence-corrected chi connectivity index (χ4v) is 8.46. The van der Waals surface area contributed by atoms with Gasteiger partial charge in [0, 0.05) is 28.0 Å². The van der Waals surface area contributed by atoms with Gasteiger partial charge in [-0.15, -0.1) is 0 Å². The standard InChI is InChI=1S/C55H36N2O/c1-3-12-42(13-4-1)55-56-54-52(58-55)35-30-41-15-11-21-48(53(41)54)39-24-22-37(23-25-39)38-26-31-45(32-27-38)57(44-16-5-2-6-17-44)46-33-28-40(29-34-46)51-36-43-14-7-8-18-47(43)49-19-9-10-20-50(49)51/h1-36H. The summed E-state index contributed by atoms with van der Waals surface area (Å²) in [7, 11) is 0. The van der Waals surface area contributed by atoms with Gasteiger partial charge in [-0.2, -0.15) is 0 Å². The molecule has 0 fully saturated rings. The predicted molar refractivity (Wildman–Crippen MR) is 243 cm³/mol. The molecule has 0 radical (unpaired) electrons. The van der Waals surface area contributed by atoms with E-state index in [0.29, 0.717) is 5.89 Å². The zero-order valence-electron chi connectivity index (χ0n) is 31.6. The van der Waals surface area contributed by atoms with E-state index in [1.807, 2.05) is 36.4 Å². The van der Waals surface area contributed by atoms with Gasteiger partial charge in [0.2, 0.25) is 5.89 Å². The fraction of sp³-hybridized carbons (Fsp3) is 0. The Hall–Kier alpha value is -7.75. The van der Waals surface area contributed by atoms with Crippen molar-refractivity contribution >= 4 is 60.5 Å². The van der Waals surface area contributed by atoms with Crippen molar-refractivity contribution in [2.24, 2.45) is 0 Å². The maximum atomic E-state index is 6.25. The second-order valence-corrected chi connectivity index (χ2v) is 14.7. The number of para-hydroxylation sites is 1. The molecule has 1 aromatic heterocycles. The highest BCUT2D eigenvalue weighted by Gasteiger charge is 2.17. The SMILES string of the molecule is c1ccc(-c2nc3c(ccc4cccc(-c5ccc(-c6ccc(N(c7ccccc7)c7ccc(-c8cc9ccccc9c9ccccc89)cc7)cc6)cc5)c43)o2)cc1. The normalized spacial score (nSPS) is 11.4. The minimum absolute atomic E-state index is 0.634. The van der Waals surface area contributed by atoms with Crippen molar-refractivity contribution in [2.75, 3.05) is 4.90 Å². The molecule has 0 amide bonds. The molecule has 3 heteroatoms. The zero-order chi connectivity index (χ0) is 38.4. The maximum absolute atomic E-state index is 6.25. The molecule has 3 nitrogen and oxygen atoms in total. The molecular weight excluding hydrogens is 705 g/mol. The molecule has 11 rings (SSSR count). The van der Waals surface area contributed by atoms with Gasteiger partial charge >= 0.3 is 0 Å². The summed E-state index contributed by atoms with van der Waals surface area (Å²) >= 11 is 0. The molecule has 0 atom stereocenters. The summed E-state index contributed by atoms with van der Waals surface area (Å²) in [5, 5.41) is 7.31. The minimum Gasteiger partial charge on any atom is -0.436 e. The molecule has 0 bridgehead atoms. The van der Waals surface area contributed by atoms with Crippen LogP contribution in [-0.4, -0.2) is 4.98 Å². The minimum atomic E-state index is 0.634. The lowest BCUT2D eigenvalue weighted by Crippen LogP contribution is -2.09. The van der Waals surface area contributed by atoms with E-state index in [4.69, 9.17) is 9.40 Å². The maximum Gasteiger partial charge on any atom is 0.227 e. The van der Waals surface area contributed by atoms with Crippen LogP contribution in [0.4, 0.5) is 17.1 Å². The third-order valence-corrected chi connectivity index (χ3v) is 11.3. The van der Waals surface area contributed by atoms with E-state index in [1.54, 1.807) is 0 Å². The van der Waals surface area contributed by atoms with Crippen LogP contribution in [0.3, 0.4) is 0 Å². The highest BCUT2D eigenvalue weighted by molar-refractivity contribution is 6.14. The van der Waals surface area contributed by atoms with Crippen LogP contribution in [-0.2, 0) is 0 Å². The molecule has 58 heavy (non-hydrogen) atoms. The van der Waals surface area contributed by atoms with Gasteiger partial charge in [0.15, 0.2) is 5.58 Å². The summed E-state index contributed by atoms with van der Waals surface area (Å²) in [6.07, 6.45) is 0. The van der Waals surface area contributed by atoms with Gasteiger partial charge in [-0.05, 0) is 121 Å². The van der Waals surface area contributed by atoms with Crippen LogP contribution in [0.15, 0.2) is 223 Å². The number of aromatic nitrogens is 1. The molecule has 272 valence electrons. The van der Waals surface area contributed by atoms with Crippen LogP contribution >= 0.6 is 0 Å². The first kappa shape index (κ1) is 33.6. The molecule has 0 aliphatic rings. The third kappa shape index (κ3) is 5.89. The Morgan fingerprint density at radius 3 is 1.60 bits per heavy atom. The Labute approximate surface area is 336 Å². The van der Waals surface area contributed by atoms with Crippen LogP contribution in [0.5, 0.6) is 0 Å². The van der Waals surface area contributed by atoms with Gasteiger partial charge in [0.1, 0.15) is 5.52 Å². The van der Waals surface area contributed by atoms with Crippen LogP contribution < -0.4 is 4.90 Å². The largest absolute Gasteiger partial charge is 0.436 e. The monoisotopic (exact) mass is 740 g/mol. The number of rotatable bonds is 7. The average Bonchev–Trinajstić information content (AvgIpc) is 3.75. The Balaban J connectivity index is 0.914. The van der Waals surface area contributed by atoms with Crippen molar-refractivity contribution in [1.82, 2.24) is 4.98 Å². The number of anilines is 3. The van der Waals surface area contributed by atoms with E-state index in [1.165, 1.54) is 32.7 Å². The number of fused-ring (bicyclic) bond motifs is 6. The average molecular weight is 741 g/mol. The van der Waals surface area contributed by atoms with Gasteiger partial charge in [0.25, 0.3) is 0 Å². The topological polar surface area (TPSA) is 29.3 Å². The molecule has 0 spiro atoms. The number of oxazole rings is 1. The molecular formula is C55H36N2O. The van der Waals surface area contributed by atoms with Crippen LogP contribution in [0.25, 0.3) is 88.3 Å². The third-order valence-electron chi connectivity index (χ3n) is 11.3. The van der Waals surface area contributed by atoms with Crippen LogP contribution in [0.1, 0.15) is 0 Å². The van der Waals surface area contributed by atoms with Gasteiger partial charge in [-0.3, -0.25) is 0 Å². The van der Waals surface area contributed by atoms with Gasteiger partial charge in [0.05, 0.1) is 0 Å². The Morgan fingerprint density at radius 1 is 0.345 bits per heavy atom. The summed E-state index contributed by atoms with van der Waals surface area (Å²) in [5.41, 5.74) is 13.0. The highest BCUT2D eigenvalue weighted by atomic mass is 16.3. The van der Waals surface area contributed by atoms with Gasteiger partial charge in [-0.25, -0.2) is 4.98 Å². The Kier molecular flexibility index (Phi) is 8.15. The molecule has 11 aromatic rings. The molecule has 0 aliphatic heterocycles. The second kappa shape index (κ2) is 14.1. The summed E-state index contributed by atoms with van der Waals surface area (Å²) < 4.78 is 6.25. The quantitative estimate of drug-likeness (QED) is 0.152. The zero-order valence-corrected chi connectivity index (χ0v) is 31.6. The second-order valence-electron chi connectivity index (χ2n) is 14.7. The highest BCUT2D eigenvalue weighted by Crippen LogP contribution is 2.40. The summed E-state index contributed by atoms with van der Waals surface area (Å²) in [6, 6.07) is 77.7. The first-order valence-electron chi connectivity index (χ1n) is 19.7. The lowest BCUT2D eigenvalue weighted by Gasteiger charge is -2.26. The van der Waals surface area contributed by atoms with Crippen molar-refractivity contribution < 1.29 is 4.42 Å². The first-order valence-corrected chi connectivity index (χ1v) is 19.7. The lowest BCUT2D eigenvalue weighted by molar-refractivity contribution is 0.620. The molecule has 0 N–H and O–H groups in total. The summed E-state index contributed by atoms with van der Waals surface area (Å²) in [5.74, 6) is 0.634. The number of nitrogens with zero attached hydrogens (tertiary/aromatic N) is 2. The van der Waals surface area contributed by atoms with Gasteiger partial charge in [-0.1, -0.05) is 158 Å². The van der Waals surface area contributed by atoms with Crippen molar-refractivity contribution in [1.29, 1.82) is 0 Å². The van der Waals surface area contributed by atoms with Crippen molar-refractivity contribution in [3.63, 3.8) is 0 Å². The molecule has 0 saturated carbocycles. The van der Waals surface area contributed by atoms with Crippen LogP contribution in [0, 0.1) is 0 Å². The van der Waals surface area contributed by atoms with E-state index < -0.39 is 0 Å². The summed E-state index contributed by atoms with van der Waals surface area (Å²) in [6.45, 7) is 0. The number of benzene rings is 10. The Morgan fingerprint density at radius 2 is 0.879 bits per heavy atom. The van der Waals surface area contributed by atoms with E-state index in [-0.39, 0.29) is 0 Å². The molecule has 0 saturated heterocycles. The molecule has 1 heterocycles.